The van der Waals surface area contributed by atoms with Gasteiger partial charge in [0.25, 0.3) is 0 Å². The summed E-state index contributed by atoms with van der Waals surface area (Å²) in [5.74, 6) is 1.06. The Morgan fingerprint density at radius 2 is 1.86 bits per heavy atom. The SMILES string of the molecule is C[C@H](CO)[C@@H]1CC[C@@]2(C)[C@@H]([Si](C)(C)C)CC[C@@]3(C)O[C@]32C1. The fourth-order valence-electron chi connectivity index (χ4n) is 6.20. The van der Waals surface area contributed by atoms with Crippen LogP contribution in [0.4, 0.5) is 0 Å². The maximum Gasteiger partial charge on any atom is 0.103 e. The predicted octanol–water partition coefficient (Wildman–Crippen LogP) is 4.45. The molecular weight excluding hydrogens is 276 g/mol. The number of hydrogen-bond donors (Lipinski definition) is 1. The van der Waals surface area contributed by atoms with Crippen LogP contribution in [0.5, 0.6) is 0 Å². The van der Waals surface area contributed by atoms with Crippen LogP contribution in [0, 0.1) is 17.3 Å². The van der Waals surface area contributed by atoms with E-state index in [9.17, 15) is 5.11 Å². The number of aliphatic hydroxyl groups excluding tert-OH is 1. The highest BCUT2D eigenvalue weighted by molar-refractivity contribution is 6.77. The molecule has 1 N–H and O–H groups in total. The van der Waals surface area contributed by atoms with Gasteiger partial charge in [0.1, 0.15) is 5.60 Å². The lowest BCUT2D eigenvalue weighted by Crippen LogP contribution is -2.57. The van der Waals surface area contributed by atoms with Gasteiger partial charge in [-0.2, -0.15) is 0 Å². The Bertz CT molecular complexity index is 431. The van der Waals surface area contributed by atoms with Crippen LogP contribution in [0.3, 0.4) is 0 Å². The van der Waals surface area contributed by atoms with Crippen molar-refractivity contribution in [3.63, 3.8) is 0 Å². The minimum Gasteiger partial charge on any atom is -0.396 e. The molecule has 3 rings (SSSR count). The highest BCUT2D eigenvalue weighted by atomic mass is 28.3. The van der Waals surface area contributed by atoms with Gasteiger partial charge >= 0.3 is 0 Å². The second-order valence-electron chi connectivity index (χ2n) is 9.70. The Morgan fingerprint density at radius 1 is 1.19 bits per heavy atom. The quantitative estimate of drug-likeness (QED) is 0.617. The standard InChI is InChI=1S/C18H34O2Si/c1-13(12-19)14-7-9-16(2)15(21(4,5)6)8-10-17(3)18(16,11-14)20-17/h13-15,19H,7-12H2,1-6H3/t13-,14-,15+,16+,17-,18+/m1/s1. The summed E-state index contributed by atoms with van der Waals surface area (Å²) in [4.78, 5) is 0. The van der Waals surface area contributed by atoms with E-state index in [2.05, 4.69) is 40.4 Å². The largest absolute Gasteiger partial charge is 0.396 e. The zero-order chi connectivity index (χ0) is 15.7. The van der Waals surface area contributed by atoms with Crippen molar-refractivity contribution in [1.82, 2.24) is 0 Å². The van der Waals surface area contributed by atoms with Crippen LogP contribution in [0.15, 0.2) is 0 Å². The van der Waals surface area contributed by atoms with Gasteiger partial charge in [0, 0.05) is 14.7 Å². The normalized spacial score (nSPS) is 51.0. The first-order valence-corrected chi connectivity index (χ1v) is 12.5. The van der Waals surface area contributed by atoms with Gasteiger partial charge in [-0.15, -0.1) is 0 Å². The lowest BCUT2D eigenvalue weighted by Gasteiger charge is -2.56. The number of ether oxygens (including phenoxy) is 1. The molecule has 0 aromatic heterocycles. The molecule has 0 aromatic rings. The molecule has 0 unspecified atom stereocenters. The number of rotatable bonds is 3. The molecule has 2 aliphatic carbocycles. The third kappa shape index (κ3) is 2.03. The molecule has 1 saturated heterocycles. The van der Waals surface area contributed by atoms with Gasteiger partial charge in [0.05, 0.1) is 5.60 Å². The van der Waals surface area contributed by atoms with Crippen LogP contribution in [-0.4, -0.2) is 31.0 Å². The van der Waals surface area contributed by atoms with Crippen molar-refractivity contribution < 1.29 is 9.84 Å². The molecule has 0 radical (unpaired) electrons. The highest BCUT2D eigenvalue weighted by Crippen LogP contribution is 2.75. The summed E-state index contributed by atoms with van der Waals surface area (Å²) in [6.45, 7) is 15.1. The number of epoxide rings is 1. The van der Waals surface area contributed by atoms with E-state index in [1.807, 2.05) is 0 Å². The average Bonchev–Trinajstić information content (AvgIpc) is 2.99. The molecule has 21 heavy (non-hydrogen) atoms. The van der Waals surface area contributed by atoms with Gasteiger partial charge in [0.2, 0.25) is 0 Å². The Kier molecular flexibility index (Phi) is 3.49. The van der Waals surface area contributed by atoms with Crippen molar-refractivity contribution in [3.8, 4) is 0 Å². The highest BCUT2D eigenvalue weighted by Gasteiger charge is 2.79. The molecule has 2 nitrogen and oxygen atoms in total. The van der Waals surface area contributed by atoms with E-state index >= 15 is 0 Å². The number of aliphatic hydroxyl groups is 1. The van der Waals surface area contributed by atoms with E-state index in [0.717, 1.165) is 5.54 Å². The van der Waals surface area contributed by atoms with Gasteiger partial charge in [-0.05, 0) is 61.8 Å². The molecule has 3 fully saturated rings. The molecule has 1 spiro atoms. The minimum atomic E-state index is -1.18. The Labute approximate surface area is 131 Å². The molecule has 3 aliphatic rings. The Morgan fingerprint density at radius 3 is 2.43 bits per heavy atom. The van der Waals surface area contributed by atoms with E-state index in [0.29, 0.717) is 23.9 Å². The van der Waals surface area contributed by atoms with Gasteiger partial charge in [-0.3, -0.25) is 0 Å². The van der Waals surface area contributed by atoms with Crippen molar-refractivity contribution in [3.05, 3.63) is 0 Å². The van der Waals surface area contributed by atoms with Crippen molar-refractivity contribution in [2.24, 2.45) is 17.3 Å². The summed E-state index contributed by atoms with van der Waals surface area (Å²) in [7, 11) is -1.18. The number of hydrogen-bond acceptors (Lipinski definition) is 2. The van der Waals surface area contributed by atoms with E-state index in [1.54, 1.807) is 0 Å². The van der Waals surface area contributed by atoms with E-state index < -0.39 is 8.07 Å². The molecule has 3 heteroatoms. The fourth-order valence-corrected chi connectivity index (χ4v) is 9.50. The zero-order valence-electron chi connectivity index (χ0n) is 14.8. The van der Waals surface area contributed by atoms with E-state index in [4.69, 9.17) is 4.74 Å². The zero-order valence-corrected chi connectivity index (χ0v) is 15.8. The molecule has 0 bridgehead atoms. The molecule has 122 valence electrons. The molecule has 2 saturated carbocycles. The first-order valence-electron chi connectivity index (χ1n) is 8.91. The van der Waals surface area contributed by atoms with E-state index in [-0.39, 0.29) is 11.2 Å². The Balaban J connectivity index is 1.93. The first-order chi connectivity index (χ1) is 9.60. The maximum absolute atomic E-state index is 9.56. The summed E-state index contributed by atoms with van der Waals surface area (Å²) in [5, 5.41) is 9.56. The lowest BCUT2D eigenvalue weighted by molar-refractivity contribution is 0.00328. The summed E-state index contributed by atoms with van der Waals surface area (Å²) in [6, 6.07) is 0. The third-order valence-electron chi connectivity index (χ3n) is 7.54. The molecule has 0 aromatic carbocycles. The monoisotopic (exact) mass is 310 g/mol. The average molecular weight is 311 g/mol. The second kappa shape index (κ2) is 4.58. The van der Waals surface area contributed by atoms with Crippen molar-refractivity contribution in [2.75, 3.05) is 6.61 Å². The van der Waals surface area contributed by atoms with E-state index in [1.165, 1.54) is 32.1 Å². The Hall–Kier alpha value is 0.137. The predicted molar refractivity (Wildman–Crippen MR) is 90.2 cm³/mol. The maximum atomic E-state index is 9.56. The van der Waals surface area contributed by atoms with Gasteiger partial charge in [0.15, 0.2) is 0 Å². The summed E-state index contributed by atoms with van der Waals surface area (Å²) < 4.78 is 6.55. The fraction of sp³-hybridized carbons (Fsp3) is 1.00. The first kappa shape index (κ1) is 16.0. The van der Waals surface area contributed by atoms with Crippen LogP contribution in [0.25, 0.3) is 0 Å². The second-order valence-corrected chi connectivity index (χ2v) is 15.1. The van der Waals surface area contributed by atoms with Crippen LogP contribution in [0.1, 0.15) is 52.9 Å². The van der Waals surface area contributed by atoms with Crippen LogP contribution < -0.4 is 0 Å². The van der Waals surface area contributed by atoms with Crippen molar-refractivity contribution >= 4 is 8.07 Å². The van der Waals surface area contributed by atoms with Gasteiger partial charge < -0.3 is 9.84 Å². The smallest absolute Gasteiger partial charge is 0.103 e. The van der Waals surface area contributed by atoms with Gasteiger partial charge in [-0.1, -0.05) is 33.5 Å². The molecule has 1 aliphatic heterocycles. The van der Waals surface area contributed by atoms with Crippen molar-refractivity contribution in [1.29, 1.82) is 0 Å². The molecule has 0 amide bonds. The van der Waals surface area contributed by atoms with Crippen LogP contribution >= 0.6 is 0 Å². The minimum absolute atomic E-state index is 0.121. The summed E-state index contributed by atoms with van der Waals surface area (Å²) in [5.41, 5.74) is 1.50. The lowest BCUT2D eigenvalue weighted by atomic mass is 9.53. The van der Waals surface area contributed by atoms with Crippen LogP contribution in [-0.2, 0) is 4.74 Å². The molecule has 1 heterocycles. The van der Waals surface area contributed by atoms with Crippen molar-refractivity contribution in [2.45, 2.75) is 89.3 Å². The van der Waals surface area contributed by atoms with Gasteiger partial charge in [-0.25, -0.2) is 0 Å². The van der Waals surface area contributed by atoms with Crippen LogP contribution in [0.2, 0.25) is 25.2 Å². The summed E-state index contributed by atoms with van der Waals surface area (Å²) >= 11 is 0. The molecule has 6 atom stereocenters. The summed E-state index contributed by atoms with van der Waals surface area (Å²) in [6.07, 6.45) is 6.37. The third-order valence-corrected chi connectivity index (χ3v) is 10.6. The topological polar surface area (TPSA) is 32.8 Å². The molecular formula is C18H34O2Si.